The number of hydrogen-bond acceptors (Lipinski definition) is 3. The Morgan fingerprint density at radius 3 is 2.68 bits per heavy atom. The van der Waals surface area contributed by atoms with Crippen LogP contribution in [0.3, 0.4) is 0 Å². The Balaban J connectivity index is 2.75. The standard InChI is InChI=1S/C15H20N2O2/c1-12(2)10-17(8-7-15(18)19)11-14-6-4-3-5-13(14)9-16/h3-6,12H,7-8,10-11H2,1-2H3,(H,18,19). The van der Waals surface area contributed by atoms with Crippen molar-refractivity contribution >= 4 is 5.97 Å². The maximum absolute atomic E-state index is 10.7. The number of benzene rings is 1. The van der Waals surface area contributed by atoms with E-state index in [0.29, 0.717) is 24.6 Å². The second-order valence-corrected chi connectivity index (χ2v) is 5.04. The first-order valence-corrected chi connectivity index (χ1v) is 6.45. The predicted octanol–water partition coefficient (Wildman–Crippen LogP) is 2.49. The zero-order chi connectivity index (χ0) is 14.3. The summed E-state index contributed by atoms with van der Waals surface area (Å²) in [4.78, 5) is 12.8. The molecule has 0 aliphatic heterocycles. The van der Waals surface area contributed by atoms with Gasteiger partial charge in [-0.15, -0.1) is 0 Å². The van der Waals surface area contributed by atoms with Crippen molar-refractivity contribution in [3.63, 3.8) is 0 Å². The normalized spacial score (nSPS) is 10.7. The fourth-order valence-corrected chi connectivity index (χ4v) is 2.01. The molecule has 0 saturated heterocycles. The van der Waals surface area contributed by atoms with Gasteiger partial charge in [-0.2, -0.15) is 5.26 Å². The number of carboxylic acids is 1. The summed E-state index contributed by atoms with van der Waals surface area (Å²) >= 11 is 0. The first-order chi connectivity index (χ1) is 9.02. The first kappa shape index (κ1) is 15.2. The number of carbonyl (C=O) groups is 1. The van der Waals surface area contributed by atoms with E-state index in [1.807, 2.05) is 18.2 Å². The Hall–Kier alpha value is -1.86. The summed E-state index contributed by atoms with van der Waals surface area (Å²) in [5.74, 6) is -0.328. The molecule has 1 N–H and O–H groups in total. The van der Waals surface area contributed by atoms with Crippen LogP contribution in [0.1, 0.15) is 31.4 Å². The highest BCUT2D eigenvalue weighted by Gasteiger charge is 2.12. The summed E-state index contributed by atoms with van der Waals surface area (Å²) in [7, 11) is 0. The second-order valence-electron chi connectivity index (χ2n) is 5.04. The molecule has 0 atom stereocenters. The van der Waals surface area contributed by atoms with Crippen LogP contribution in [0.15, 0.2) is 24.3 Å². The minimum absolute atomic E-state index is 0.126. The molecular weight excluding hydrogens is 240 g/mol. The molecule has 4 heteroatoms. The Labute approximate surface area is 114 Å². The highest BCUT2D eigenvalue weighted by atomic mass is 16.4. The molecule has 0 radical (unpaired) electrons. The predicted molar refractivity (Wildman–Crippen MR) is 73.5 cm³/mol. The van der Waals surface area contributed by atoms with Crippen molar-refractivity contribution in [2.24, 2.45) is 5.92 Å². The molecule has 0 saturated carbocycles. The van der Waals surface area contributed by atoms with E-state index in [-0.39, 0.29) is 6.42 Å². The first-order valence-electron chi connectivity index (χ1n) is 6.45. The molecule has 4 nitrogen and oxygen atoms in total. The van der Waals surface area contributed by atoms with Crippen LogP contribution in [0.4, 0.5) is 0 Å². The van der Waals surface area contributed by atoms with Gasteiger partial charge in [0.2, 0.25) is 0 Å². The highest BCUT2D eigenvalue weighted by Crippen LogP contribution is 2.12. The molecule has 0 bridgehead atoms. The number of nitrogens with zero attached hydrogens (tertiary/aromatic N) is 2. The zero-order valence-corrected chi connectivity index (χ0v) is 11.5. The molecule has 0 spiro atoms. The molecule has 0 unspecified atom stereocenters. The Kier molecular flexibility index (Phi) is 6.04. The van der Waals surface area contributed by atoms with Crippen LogP contribution in [0.25, 0.3) is 0 Å². The monoisotopic (exact) mass is 260 g/mol. The molecular formula is C15H20N2O2. The molecule has 1 rings (SSSR count). The van der Waals surface area contributed by atoms with Gasteiger partial charge >= 0.3 is 5.97 Å². The van der Waals surface area contributed by atoms with Gasteiger partial charge in [-0.05, 0) is 17.5 Å². The number of hydrogen-bond donors (Lipinski definition) is 1. The van der Waals surface area contributed by atoms with Gasteiger partial charge in [0.1, 0.15) is 0 Å². The topological polar surface area (TPSA) is 64.3 Å². The number of aliphatic carboxylic acids is 1. The summed E-state index contributed by atoms with van der Waals surface area (Å²) in [5.41, 5.74) is 1.61. The third-order valence-electron chi connectivity index (χ3n) is 2.80. The van der Waals surface area contributed by atoms with Crippen molar-refractivity contribution in [2.75, 3.05) is 13.1 Å². The van der Waals surface area contributed by atoms with Gasteiger partial charge in [-0.1, -0.05) is 32.0 Å². The van der Waals surface area contributed by atoms with Crippen molar-refractivity contribution in [3.8, 4) is 6.07 Å². The highest BCUT2D eigenvalue weighted by molar-refractivity contribution is 5.66. The average molecular weight is 260 g/mol. The smallest absolute Gasteiger partial charge is 0.304 e. The van der Waals surface area contributed by atoms with E-state index >= 15 is 0 Å². The molecule has 0 amide bonds. The van der Waals surface area contributed by atoms with Gasteiger partial charge in [0, 0.05) is 19.6 Å². The van der Waals surface area contributed by atoms with E-state index in [1.54, 1.807) is 6.07 Å². The van der Waals surface area contributed by atoms with Crippen LogP contribution in [0.2, 0.25) is 0 Å². The minimum atomic E-state index is -0.790. The van der Waals surface area contributed by atoms with E-state index in [4.69, 9.17) is 10.4 Å². The molecule has 0 fully saturated rings. The van der Waals surface area contributed by atoms with Gasteiger partial charge in [0.15, 0.2) is 0 Å². The van der Waals surface area contributed by atoms with E-state index < -0.39 is 5.97 Å². The van der Waals surface area contributed by atoms with Gasteiger partial charge in [0.25, 0.3) is 0 Å². The Morgan fingerprint density at radius 2 is 2.11 bits per heavy atom. The van der Waals surface area contributed by atoms with E-state index in [1.165, 1.54) is 0 Å². The van der Waals surface area contributed by atoms with Crippen molar-refractivity contribution in [1.29, 1.82) is 5.26 Å². The fraction of sp³-hybridized carbons (Fsp3) is 0.467. The van der Waals surface area contributed by atoms with Crippen LogP contribution >= 0.6 is 0 Å². The maximum Gasteiger partial charge on any atom is 0.304 e. The summed E-state index contributed by atoms with van der Waals surface area (Å²) in [5, 5.41) is 17.9. The summed E-state index contributed by atoms with van der Waals surface area (Å²) < 4.78 is 0. The van der Waals surface area contributed by atoms with Crippen LogP contribution in [0.5, 0.6) is 0 Å². The lowest BCUT2D eigenvalue weighted by atomic mass is 10.1. The van der Waals surface area contributed by atoms with Crippen LogP contribution < -0.4 is 0 Å². The molecule has 0 aliphatic carbocycles. The van der Waals surface area contributed by atoms with Gasteiger partial charge < -0.3 is 5.11 Å². The second kappa shape index (κ2) is 7.55. The number of nitriles is 1. The maximum atomic E-state index is 10.7. The summed E-state index contributed by atoms with van der Waals surface area (Å²) in [6.07, 6.45) is 0.126. The molecule has 102 valence electrons. The average Bonchev–Trinajstić information content (AvgIpc) is 2.36. The zero-order valence-electron chi connectivity index (χ0n) is 11.5. The molecule has 0 aromatic heterocycles. The van der Waals surface area contributed by atoms with Crippen molar-refractivity contribution < 1.29 is 9.90 Å². The SMILES string of the molecule is CC(C)CN(CCC(=O)O)Cc1ccccc1C#N. The minimum Gasteiger partial charge on any atom is -0.481 e. The quantitative estimate of drug-likeness (QED) is 0.818. The van der Waals surface area contributed by atoms with Gasteiger partial charge in [-0.25, -0.2) is 0 Å². The fourth-order valence-electron chi connectivity index (χ4n) is 2.01. The molecule has 0 heterocycles. The third-order valence-corrected chi connectivity index (χ3v) is 2.80. The van der Waals surface area contributed by atoms with E-state index in [0.717, 1.165) is 12.1 Å². The molecule has 1 aromatic rings. The Morgan fingerprint density at radius 1 is 1.42 bits per heavy atom. The van der Waals surface area contributed by atoms with Gasteiger partial charge in [-0.3, -0.25) is 9.69 Å². The van der Waals surface area contributed by atoms with Crippen LogP contribution in [-0.4, -0.2) is 29.1 Å². The Bertz CT molecular complexity index is 463. The van der Waals surface area contributed by atoms with E-state index in [2.05, 4.69) is 24.8 Å². The lowest BCUT2D eigenvalue weighted by Gasteiger charge is -2.24. The van der Waals surface area contributed by atoms with Gasteiger partial charge in [0.05, 0.1) is 18.1 Å². The largest absolute Gasteiger partial charge is 0.481 e. The third kappa shape index (κ3) is 5.54. The van der Waals surface area contributed by atoms with Crippen molar-refractivity contribution in [1.82, 2.24) is 4.90 Å². The summed E-state index contributed by atoms with van der Waals surface area (Å²) in [6, 6.07) is 9.63. The van der Waals surface area contributed by atoms with Crippen LogP contribution in [-0.2, 0) is 11.3 Å². The lowest BCUT2D eigenvalue weighted by molar-refractivity contribution is -0.137. The van der Waals surface area contributed by atoms with Crippen molar-refractivity contribution in [2.45, 2.75) is 26.8 Å². The number of rotatable bonds is 7. The molecule has 1 aromatic carbocycles. The van der Waals surface area contributed by atoms with Crippen LogP contribution in [0, 0.1) is 17.2 Å². The van der Waals surface area contributed by atoms with E-state index in [9.17, 15) is 4.79 Å². The summed E-state index contributed by atoms with van der Waals surface area (Å²) in [6.45, 7) is 6.16. The number of carboxylic acid groups (broad SMARTS) is 1. The molecule has 19 heavy (non-hydrogen) atoms. The lowest BCUT2D eigenvalue weighted by Crippen LogP contribution is -2.30. The van der Waals surface area contributed by atoms with Crippen molar-refractivity contribution in [3.05, 3.63) is 35.4 Å². The molecule has 0 aliphatic rings.